The summed E-state index contributed by atoms with van der Waals surface area (Å²) in [5.74, 6) is -1.01. The molecule has 2 rings (SSSR count). The number of carboxylic acid groups (broad SMARTS) is 1. The van der Waals surface area contributed by atoms with Gasteiger partial charge in [0.25, 0.3) is 0 Å². The van der Waals surface area contributed by atoms with Crippen LogP contribution in [0.5, 0.6) is 0 Å². The number of benzene rings is 1. The van der Waals surface area contributed by atoms with Gasteiger partial charge in [0.2, 0.25) is 0 Å². The third-order valence-corrected chi connectivity index (χ3v) is 3.06. The molecule has 19 heavy (non-hydrogen) atoms. The van der Waals surface area contributed by atoms with Crippen LogP contribution in [0, 0.1) is 0 Å². The molecule has 2 aromatic rings. The lowest BCUT2D eigenvalue weighted by molar-refractivity contribution is -0.142. The van der Waals surface area contributed by atoms with E-state index in [4.69, 9.17) is 11.6 Å². The molecule has 0 bridgehead atoms. The van der Waals surface area contributed by atoms with Crippen molar-refractivity contribution in [2.24, 2.45) is 0 Å². The summed E-state index contributed by atoms with van der Waals surface area (Å²) in [5, 5.41) is 13.0. The number of carboxylic acids is 1. The Kier molecular flexibility index (Phi) is 3.71. The number of nitrogens with one attached hydrogen (secondary N) is 1. The lowest BCUT2D eigenvalue weighted by atomic mass is 9.96. The van der Waals surface area contributed by atoms with Crippen LogP contribution < -0.4 is 5.32 Å². The Morgan fingerprint density at radius 3 is 2.68 bits per heavy atom. The highest BCUT2D eigenvalue weighted by Gasteiger charge is 2.36. The summed E-state index contributed by atoms with van der Waals surface area (Å²) in [6.07, 6.45) is 1.57. The van der Waals surface area contributed by atoms with Gasteiger partial charge in [-0.25, -0.2) is 4.79 Å². The molecule has 0 fully saturated rings. The Labute approximate surface area is 116 Å². The number of carbonyl (C=O) groups is 1. The van der Waals surface area contributed by atoms with E-state index in [0.717, 1.165) is 0 Å². The zero-order chi connectivity index (χ0) is 13.9. The molecule has 1 aromatic heterocycles. The van der Waals surface area contributed by atoms with Crippen LogP contribution in [0.1, 0.15) is 12.6 Å². The van der Waals surface area contributed by atoms with E-state index in [9.17, 15) is 9.90 Å². The quantitative estimate of drug-likeness (QED) is 0.900. The van der Waals surface area contributed by atoms with Crippen LogP contribution in [0.2, 0.25) is 5.02 Å². The Morgan fingerprint density at radius 2 is 2.11 bits per heavy atom. The highest BCUT2D eigenvalue weighted by molar-refractivity contribution is 6.30. The topological polar surface area (TPSA) is 62.2 Å². The lowest BCUT2D eigenvalue weighted by Crippen LogP contribution is -2.41. The minimum Gasteiger partial charge on any atom is -0.479 e. The number of rotatable bonds is 4. The van der Waals surface area contributed by atoms with Crippen LogP contribution in [0.25, 0.3) is 0 Å². The van der Waals surface area contributed by atoms with Gasteiger partial charge in [0.05, 0.1) is 5.69 Å². The van der Waals surface area contributed by atoms with Crippen LogP contribution >= 0.6 is 11.6 Å². The van der Waals surface area contributed by atoms with Crippen molar-refractivity contribution >= 4 is 23.3 Å². The van der Waals surface area contributed by atoms with Crippen molar-refractivity contribution in [2.45, 2.75) is 12.5 Å². The molecule has 0 saturated carbocycles. The van der Waals surface area contributed by atoms with Gasteiger partial charge in [0.1, 0.15) is 0 Å². The largest absolute Gasteiger partial charge is 0.479 e. The van der Waals surface area contributed by atoms with Crippen molar-refractivity contribution in [3.63, 3.8) is 0 Å². The predicted octanol–water partition coefficient (Wildman–Crippen LogP) is 3.15. The van der Waals surface area contributed by atoms with Crippen LogP contribution in [-0.4, -0.2) is 16.1 Å². The first-order chi connectivity index (χ1) is 9.02. The summed E-state index contributed by atoms with van der Waals surface area (Å²) < 4.78 is 0. The second-order valence-electron chi connectivity index (χ2n) is 4.28. The lowest BCUT2D eigenvalue weighted by Gasteiger charge is -2.26. The molecule has 1 heterocycles. The molecule has 2 N–H and O–H groups in total. The molecule has 0 aliphatic carbocycles. The van der Waals surface area contributed by atoms with Crippen LogP contribution in [0.3, 0.4) is 0 Å². The average Bonchev–Trinajstić information content (AvgIpc) is 2.39. The van der Waals surface area contributed by atoms with Gasteiger partial charge >= 0.3 is 5.97 Å². The van der Waals surface area contributed by atoms with E-state index in [1.807, 2.05) is 0 Å². The molecule has 1 unspecified atom stereocenters. The van der Waals surface area contributed by atoms with Gasteiger partial charge in [-0.05, 0) is 37.3 Å². The van der Waals surface area contributed by atoms with E-state index in [0.29, 0.717) is 16.4 Å². The summed E-state index contributed by atoms with van der Waals surface area (Å²) in [7, 11) is 0. The van der Waals surface area contributed by atoms with E-state index in [1.165, 1.54) is 0 Å². The summed E-state index contributed by atoms with van der Waals surface area (Å²) in [4.78, 5) is 15.7. The molecule has 0 spiro atoms. The van der Waals surface area contributed by atoms with Crippen molar-refractivity contribution < 1.29 is 9.90 Å². The van der Waals surface area contributed by atoms with Crippen molar-refractivity contribution in [3.05, 3.63) is 59.4 Å². The van der Waals surface area contributed by atoms with Crippen molar-refractivity contribution in [3.8, 4) is 0 Å². The third-order valence-electron chi connectivity index (χ3n) is 2.82. The molecule has 1 atom stereocenters. The van der Waals surface area contributed by atoms with Gasteiger partial charge in [-0.3, -0.25) is 4.98 Å². The van der Waals surface area contributed by atoms with Gasteiger partial charge in [-0.15, -0.1) is 0 Å². The van der Waals surface area contributed by atoms with Crippen LogP contribution in [0.15, 0.2) is 48.7 Å². The maximum atomic E-state index is 11.6. The van der Waals surface area contributed by atoms with E-state index in [-0.39, 0.29) is 0 Å². The fraction of sp³-hybridized carbons (Fsp3) is 0.143. The normalized spacial score (nSPS) is 13.6. The third kappa shape index (κ3) is 2.85. The summed E-state index contributed by atoms with van der Waals surface area (Å²) >= 11 is 5.90. The van der Waals surface area contributed by atoms with Crippen molar-refractivity contribution in [1.82, 2.24) is 4.98 Å². The monoisotopic (exact) mass is 276 g/mol. The first-order valence-electron chi connectivity index (χ1n) is 5.71. The Balaban J connectivity index is 2.39. The van der Waals surface area contributed by atoms with Gasteiger partial charge in [0, 0.05) is 16.9 Å². The molecule has 0 amide bonds. The van der Waals surface area contributed by atoms with Gasteiger partial charge in [-0.2, -0.15) is 0 Å². The fourth-order valence-corrected chi connectivity index (χ4v) is 1.93. The Bertz CT molecular complexity index is 589. The van der Waals surface area contributed by atoms with Crippen molar-refractivity contribution in [1.29, 1.82) is 0 Å². The SMILES string of the molecule is CC(Nc1cccc(Cl)c1)(C(=O)O)c1ccccn1. The zero-order valence-corrected chi connectivity index (χ0v) is 11.1. The van der Waals surface area contributed by atoms with E-state index in [2.05, 4.69) is 10.3 Å². The number of anilines is 1. The first kappa shape index (κ1) is 13.4. The molecule has 4 nitrogen and oxygen atoms in total. The minimum atomic E-state index is -1.31. The van der Waals surface area contributed by atoms with Gasteiger partial charge in [-0.1, -0.05) is 23.7 Å². The number of aromatic nitrogens is 1. The van der Waals surface area contributed by atoms with Crippen molar-refractivity contribution in [2.75, 3.05) is 5.32 Å². The first-order valence-corrected chi connectivity index (χ1v) is 6.09. The number of pyridine rings is 1. The standard InChI is InChI=1S/C14H13ClN2O2/c1-14(13(18)19,12-7-2-3-8-16-12)17-11-6-4-5-10(15)9-11/h2-9,17H,1H3,(H,18,19). The second-order valence-corrected chi connectivity index (χ2v) is 4.72. The molecule has 1 aromatic carbocycles. The minimum absolute atomic E-state index is 0.433. The average molecular weight is 277 g/mol. The highest BCUT2D eigenvalue weighted by atomic mass is 35.5. The molecule has 0 aliphatic heterocycles. The number of hydrogen-bond donors (Lipinski definition) is 2. The maximum absolute atomic E-state index is 11.6. The molecular formula is C14H13ClN2O2. The van der Waals surface area contributed by atoms with E-state index in [1.54, 1.807) is 55.6 Å². The van der Waals surface area contributed by atoms with E-state index < -0.39 is 11.5 Å². The molecule has 0 saturated heterocycles. The second kappa shape index (κ2) is 5.28. The molecule has 5 heteroatoms. The summed E-state index contributed by atoms with van der Waals surface area (Å²) in [5.41, 5.74) is -0.253. The summed E-state index contributed by atoms with van der Waals surface area (Å²) in [6.45, 7) is 1.57. The Morgan fingerprint density at radius 1 is 1.32 bits per heavy atom. The molecule has 0 aliphatic rings. The number of aliphatic carboxylic acids is 1. The molecule has 0 radical (unpaired) electrons. The zero-order valence-electron chi connectivity index (χ0n) is 10.3. The van der Waals surface area contributed by atoms with Gasteiger partial charge < -0.3 is 10.4 Å². The predicted molar refractivity (Wildman–Crippen MR) is 74.3 cm³/mol. The Hall–Kier alpha value is -2.07. The smallest absolute Gasteiger partial charge is 0.335 e. The highest BCUT2D eigenvalue weighted by Crippen LogP contribution is 2.26. The van der Waals surface area contributed by atoms with Crippen LogP contribution in [0.4, 0.5) is 5.69 Å². The fourth-order valence-electron chi connectivity index (χ4n) is 1.74. The van der Waals surface area contributed by atoms with E-state index >= 15 is 0 Å². The number of nitrogens with zero attached hydrogens (tertiary/aromatic N) is 1. The maximum Gasteiger partial charge on any atom is 0.335 e. The molecule has 98 valence electrons. The summed E-state index contributed by atoms with van der Waals surface area (Å²) in [6, 6.07) is 12.1. The van der Waals surface area contributed by atoms with Gasteiger partial charge in [0.15, 0.2) is 5.54 Å². The molecular weight excluding hydrogens is 264 g/mol. The number of hydrogen-bond acceptors (Lipinski definition) is 3. The number of halogens is 1. The van der Waals surface area contributed by atoms with Crippen LogP contribution in [-0.2, 0) is 10.3 Å².